The zero-order valence-electron chi connectivity index (χ0n) is 12.6. The smallest absolute Gasteiger partial charge is 0.234 e. The molecule has 0 aliphatic carbocycles. The molecule has 1 unspecified atom stereocenters. The van der Waals surface area contributed by atoms with Crippen LogP contribution in [0.4, 0.5) is 11.4 Å². The van der Waals surface area contributed by atoms with Gasteiger partial charge in [-0.25, -0.2) is 0 Å². The Balaban J connectivity index is 2.25. The molecule has 0 heterocycles. The second-order valence-electron chi connectivity index (χ2n) is 5.21. The predicted molar refractivity (Wildman–Crippen MR) is 88.4 cm³/mol. The minimum absolute atomic E-state index is 0.118. The Morgan fingerprint density at radius 3 is 2.29 bits per heavy atom. The molecule has 0 radical (unpaired) electrons. The molecule has 0 bridgehead atoms. The average molecular weight is 282 g/mol. The number of amides is 1. The van der Waals surface area contributed by atoms with E-state index in [4.69, 9.17) is 5.73 Å². The lowest BCUT2D eigenvalue weighted by atomic mass is 9.99. The Labute approximate surface area is 126 Å². The summed E-state index contributed by atoms with van der Waals surface area (Å²) in [4.78, 5) is 14.7. The van der Waals surface area contributed by atoms with Crippen molar-refractivity contribution in [3.05, 3.63) is 60.2 Å². The monoisotopic (exact) mass is 282 g/mol. The molecule has 0 aliphatic rings. The van der Waals surface area contributed by atoms with E-state index >= 15 is 0 Å². The molecule has 110 valence electrons. The van der Waals surface area contributed by atoms with Gasteiger partial charge in [-0.1, -0.05) is 37.3 Å². The summed E-state index contributed by atoms with van der Waals surface area (Å²) in [7, 11) is 0. The number of nitrogens with zero attached hydrogens (tertiary/aromatic N) is 1. The van der Waals surface area contributed by atoms with Crippen molar-refractivity contribution >= 4 is 17.3 Å². The second kappa shape index (κ2) is 6.93. The Morgan fingerprint density at radius 2 is 1.71 bits per heavy atom. The van der Waals surface area contributed by atoms with Crippen LogP contribution in [0.5, 0.6) is 0 Å². The van der Waals surface area contributed by atoms with Gasteiger partial charge in [0, 0.05) is 17.9 Å². The first-order valence-corrected chi connectivity index (χ1v) is 7.35. The molecule has 0 aliphatic heterocycles. The van der Waals surface area contributed by atoms with Crippen LogP contribution in [0.1, 0.15) is 31.7 Å². The molecule has 0 saturated carbocycles. The molecule has 2 aromatic rings. The molecule has 3 heteroatoms. The van der Waals surface area contributed by atoms with Gasteiger partial charge in [-0.05, 0) is 43.2 Å². The normalized spacial score (nSPS) is 11.9. The molecule has 1 amide bonds. The summed E-state index contributed by atoms with van der Waals surface area (Å²) in [6.45, 7) is 4.74. The topological polar surface area (TPSA) is 46.3 Å². The van der Waals surface area contributed by atoms with Crippen molar-refractivity contribution in [3.63, 3.8) is 0 Å². The fourth-order valence-electron chi connectivity index (χ4n) is 2.36. The number of nitrogen functional groups attached to an aromatic ring is 1. The van der Waals surface area contributed by atoms with Crippen LogP contribution in [-0.4, -0.2) is 12.5 Å². The molecule has 2 N–H and O–H groups in total. The maximum absolute atomic E-state index is 12.8. The third kappa shape index (κ3) is 3.63. The van der Waals surface area contributed by atoms with Gasteiger partial charge in [0.1, 0.15) is 0 Å². The van der Waals surface area contributed by atoms with E-state index < -0.39 is 0 Å². The van der Waals surface area contributed by atoms with Gasteiger partial charge in [-0.3, -0.25) is 4.79 Å². The van der Waals surface area contributed by atoms with Crippen LogP contribution in [0.15, 0.2) is 54.6 Å². The van der Waals surface area contributed by atoms with Crippen LogP contribution >= 0.6 is 0 Å². The number of hydrogen-bond donors (Lipinski definition) is 1. The van der Waals surface area contributed by atoms with Crippen LogP contribution in [0.3, 0.4) is 0 Å². The standard InChI is InChI=1S/C18H22N2O/c1-3-13-20(17-11-9-16(19)10-12-17)18(21)14(2)15-7-5-4-6-8-15/h4-12,14H,3,13,19H2,1-2H3. The Bertz CT molecular complexity index is 578. The Kier molecular flexibility index (Phi) is 4.99. The fraction of sp³-hybridized carbons (Fsp3) is 0.278. The molecule has 2 aromatic carbocycles. The Hall–Kier alpha value is -2.29. The minimum Gasteiger partial charge on any atom is -0.399 e. The quantitative estimate of drug-likeness (QED) is 0.847. The fourth-order valence-corrected chi connectivity index (χ4v) is 2.36. The molecule has 2 rings (SSSR count). The molecule has 0 fully saturated rings. The van der Waals surface area contributed by atoms with Crippen LogP contribution in [0, 0.1) is 0 Å². The number of hydrogen-bond acceptors (Lipinski definition) is 2. The summed E-state index contributed by atoms with van der Waals surface area (Å²) in [6.07, 6.45) is 0.914. The lowest BCUT2D eigenvalue weighted by Gasteiger charge is -2.26. The van der Waals surface area contributed by atoms with E-state index in [-0.39, 0.29) is 11.8 Å². The first kappa shape index (κ1) is 15.1. The SMILES string of the molecule is CCCN(C(=O)C(C)c1ccccc1)c1ccc(N)cc1. The third-order valence-corrected chi connectivity index (χ3v) is 3.59. The molecule has 0 spiro atoms. The maximum atomic E-state index is 12.8. The summed E-state index contributed by atoms with van der Waals surface area (Å²) >= 11 is 0. The summed E-state index contributed by atoms with van der Waals surface area (Å²) in [5, 5.41) is 0. The molecule has 0 aromatic heterocycles. The van der Waals surface area contributed by atoms with Gasteiger partial charge in [0.05, 0.1) is 5.92 Å². The van der Waals surface area contributed by atoms with Gasteiger partial charge in [-0.2, -0.15) is 0 Å². The minimum atomic E-state index is -0.157. The summed E-state index contributed by atoms with van der Waals surface area (Å²) < 4.78 is 0. The van der Waals surface area contributed by atoms with Crippen molar-refractivity contribution < 1.29 is 4.79 Å². The van der Waals surface area contributed by atoms with Crippen molar-refractivity contribution in [2.75, 3.05) is 17.2 Å². The van der Waals surface area contributed by atoms with E-state index in [9.17, 15) is 4.79 Å². The highest BCUT2D eigenvalue weighted by molar-refractivity contribution is 5.97. The van der Waals surface area contributed by atoms with Gasteiger partial charge in [0.2, 0.25) is 5.91 Å². The predicted octanol–water partition coefficient (Wildman–Crippen LogP) is 3.82. The van der Waals surface area contributed by atoms with Gasteiger partial charge in [0.15, 0.2) is 0 Å². The van der Waals surface area contributed by atoms with Crippen LogP contribution in [0.2, 0.25) is 0 Å². The van der Waals surface area contributed by atoms with E-state index in [1.807, 2.05) is 66.4 Å². The van der Waals surface area contributed by atoms with Gasteiger partial charge in [-0.15, -0.1) is 0 Å². The molecular formula is C18H22N2O. The van der Waals surface area contributed by atoms with Crippen molar-refractivity contribution in [3.8, 4) is 0 Å². The van der Waals surface area contributed by atoms with E-state index in [0.717, 1.165) is 17.7 Å². The van der Waals surface area contributed by atoms with Crippen molar-refractivity contribution in [2.24, 2.45) is 0 Å². The Morgan fingerprint density at radius 1 is 1.10 bits per heavy atom. The van der Waals surface area contributed by atoms with Gasteiger partial charge < -0.3 is 10.6 Å². The van der Waals surface area contributed by atoms with E-state index in [2.05, 4.69) is 6.92 Å². The number of rotatable bonds is 5. The summed E-state index contributed by atoms with van der Waals surface area (Å²) in [5.41, 5.74) is 8.37. The van der Waals surface area contributed by atoms with E-state index in [1.165, 1.54) is 0 Å². The highest BCUT2D eigenvalue weighted by atomic mass is 16.2. The van der Waals surface area contributed by atoms with E-state index in [1.54, 1.807) is 0 Å². The number of nitrogens with two attached hydrogens (primary N) is 1. The summed E-state index contributed by atoms with van der Waals surface area (Å²) in [5.74, 6) is -0.0388. The number of benzene rings is 2. The number of carbonyl (C=O) groups is 1. The van der Waals surface area contributed by atoms with Crippen LogP contribution in [-0.2, 0) is 4.79 Å². The lowest BCUT2D eigenvalue weighted by Crippen LogP contribution is -2.35. The van der Waals surface area contributed by atoms with Gasteiger partial charge in [0.25, 0.3) is 0 Å². The maximum Gasteiger partial charge on any atom is 0.234 e. The molecule has 1 atom stereocenters. The highest BCUT2D eigenvalue weighted by Gasteiger charge is 2.22. The zero-order chi connectivity index (χ0) is 15.2. The molecular weight excluding hydrogens is 260 g/mol. The van der Waals surface area contributed by atoms with Crippen molar-refractivity contribution in [2.45, 2.75) is 26.2 Å². The highest BCUT2D eigenvalue weighted by Crippen LogP contribution is 2.23. The average Bonchev–Trinajstić information content (AvgIpc) is 2.53. The first-order chi connectivity index (χ1) is 10.1. The van der Waals surface area contributed by atoms with Gasteiger partial charge >= 0.3 is 0 Å². The van der Waals surface area contributed by atoms with Crippen molar-refractivity contribution in [1.29, 1.82) is 0 Å². The van der Waals surface area contributed by atoms with E-state index in [0.29, 0.717) is 12.2 Å². The second-order valence-corrected chi connectivity index (χ2v) is 5.21. The number of carbonyl (C=O) groups excluding carboxylic acids is 1. The first-order valence-electron chi connectivity index (χ1n) is 7.35. The largest absolute Gasteiger partial charge is 0.399 e. The summed E-state index contributed by atoms with van der Waals surface area (Å²) in [6, 6.07) is 17.4. The molecule has 3 nitrogen and oxygen atoms in total. The third-order valence-electron chi connectivity index (χ3n) is 3.59. The van der Waals surface area contributed by atoms with Crippen molar-refractivity contribution in [1.82, 2.24) is 0 Å². The zero-order valence-corrected chi connectivity index (χ0v) is 12.6. The van der Waals surface area contributed by atoms with Crippen LogP contribution in [0.25, 0.3) is 0 Å². The lowest BCUT2D eigenvalue weighted by molar-refractivity contribution is -0.119. The molecule has 0 saturated heterocycles. The number of anilines is 2. The molecule has 21 heavy (non-hydrogen) atoms. The van der Waals surface area contributed by atoms with Crippen LogP contribution < -0.4 is 10.6 Å².